The minimum absolute atomic E-state index is 0.0217. The molecule has 6 nitrogen and oxygen atoms in total. The van der Waals surface area contributed by atoms with Crippen molar-refractivity contribution < 1.29 is 4.39 Å². The molecular formula is C23H23FN6S. The standard InChI is InChI=1S/C23H23FN6S/c24-19-8-10-20(11-9-19)28-12-14-29(15-13-28)22(18-5-2-1-3-6-18)23-25-26-27-30(23)17-21-7-4-16-31-21/h1-11,16,22H,12-15,17H2. The van der Waals surface area contributed by atoms with Crippen LogP contribution in [0.1, 0.15) is 22.3 Å². The fourth-order valence-electron chi connectivity index (χ4n) is 4.12. The maximum absolute atomic E-state index is 13.3. The van der Waals surface area contributed by atoms with Gasteiger partial charge in [0, 0.05) is 36.7 Å². The van der Waals surface area contributed by atoms with Crippen molar-refractivity contribution in [3.8, 4) is 0 Å². The number of piperazine rings is 1. The average Bonchev–Trinajstić information content (AvgIpc) is 3.49. The second-order valence-corrected chi connectivity index (χ2v) is 8.62. The van der Waals surface area contributed by atoms with Crippen LogP contribution in [0, 0.1) is 5.82 Å². The summed E-state index contributed by atoms with van der Waals surface area (Å²) in [6.07, 6.45) is 0. The molecule has 0 radical (unpaired) electrons. The van der Waals surface area contributed by atoms with Gasteiger partial charge in [-0.15, -0.1) is 16.4 Å². The van der Waals surface area contributed by atoms with Crippen LogP contribution in [0.15, 0.2) is 72.1 Å². The fourth-order valence-corrected chi connectivity index (χ4v) is 4.80. The number of benzene rings is 2. The van der Waals surface area contributed by atoms with Crippen molar-refractivity contribution in [3.63, 3.8) is 0 Å². The van der Waals surface area contributed by atoms with Gasteiger partial charge in [0.15, 0.2) is 5.82 Å². The lowest BCUT2D eigenvalue weighted by molar-refractivity contribution is 0.201. The summed E-state index contributed by atoms with van der Waals surface area (Å²) in [6.45, 7) is 4.12. The minimum atomic E-state index is -0.205. The molecule has 158 valence electrons. The molecule has 8 heteroatoms. The molecule has 2 aromatic carbocycles. The maximum Gasteiger partial charge on any atom is 0.173 e. The van der Waals surface area contributed by atoms with Crippen molar-refractivity contribution in [2.45, 2.75) is 12.6 Å². The summed E-state index contributed by atoms with van der Waals surface area (Å²) in [5.74, 6) is 0.652. The number of thiophene rings is 1. The summed E-state index contributed by atoms with van der Waals surface area (Å²) in [7, 11) is 0. The largest absolute Gasteiger partial charge is 0.369 e. The monoisotopic (exact) mass is 434 g/mol. The van der Waals surface area contributed by atoms with E-state index in [1.54, 1.807) is 11.3 Å². The van der Waals surface area contributed by atoms with Gasteiger partial charge < -0.3 is 4.90 Å². The lowest BCUT2D eigenvalue weighted by Crippen LogP contribution is -2.48. The van der Waals surface area contributed by atoms with Crippen LogP contribution in [0.5, 0.6) is 0 Å². The average molecular weight is 435 g/mol. The van der Waals surface area contributed by atoms with E-state index in [4.69, 9.17) is 0 Å². The predicted octanol–water partition coefficient (Wildman–Crippen LogP) is 3.83. The first-order valence-corrected chi connectivity index (χ1v) is 11.2. The van der Waals surface area contributed by atoms with E-state index in [0.717, 1.165) is 37.7 Å². The Labute approximate surface area is 184 Å². The molecule has 0 spiro atoms. The van der Waals surface area contributed by atoms with Crippen molar-refractivity contribution in [1.82, 2.24) is 25.1 Å². The quantitative estimate of drug-likeness (QED) is 0.462. The molecule has 3 heterocycles. The van der Waals surface area contributed by atoms with Gasteiger partial charge in [-0.2, -0.15) is 0 Å². The van der Waals surface area contributed by atoms with Crippen LogP contribution in [0.25, 0.3) is 0 Å². The van der Waals surface area contributed by atoms with Crippen molar-refractivity contribution >= 4 is 17.0 Å². The first-order valence-electron chi connectivity index (χ1n) is 10.4. The van der Waals surface area contributed by atoms with Crippen LogP contribution in [-0.4, -0.2) is 51.3 Å². The Morgan fingerprint density at radius 1 is 0.903 bits per heavy atom. The molecule has 0 N–H and O–H groups in total. The van der Waals surface area contributed by atoms with E-state index in [1.807, 2.05) is 28.9 Å². The molecule has 0 saturated carbocycles. The summed E-state index contributed by atoms with van der Waals surface area (Å²) < 4.78 is 15.2. The van der Waals surface area contributed by atoms with Crippen LogP contribution < -0.4 is 4.90 Å². The Bertz CT molecular complexity index is 1090. The molecule has 5 rings (SSSR count). The third-order valence-corrected chi connectivity index (χ3v) is 6.54. The van der Waals surface area contributed by atoms with Gasteiger partial charge in [0.2, 0.25) is 0 Å². The van der Waals surface area contributed by atoms with Crippen molar-refractivity contribution in [1.29, 1.82) is 0 Å². The number of hydrogen-bond acceptors (Lipinski definition) is 6. The molecule has 0 bridgehead atoms. The van der Waals surface area contributed by atoms with Gasteiger partial charge in [0.05, 0.1) is 12.6 Å². The van der Waals surface area contributed by atoms with E-state index in [0.29, 0.717) is 6.54 Å². The SMILES string of the molecule is Fc1ccc(N2CCN(C(c3ccccc3)c3nnnn3Cc3cccs3)CC2)cc1. The Balaban J connectivity index is 1.40. The van der Waals surface area contributed by atoms with Crippen LogP contribution >= 0.6 is 11.3 Å². The molecule has 1 unspecified atom stereocenters. The molecule has 1 saturated heterocycles. The second-order valence-electron chi connectivity index (χ2n) is 7.59. The molecule has 1 aliphatic heterocycles. The van der Waals surface area contributed by atoms with Gasteiger partial charge >= 0.3 is 0 Å². The molecule has 1 aliphatic rings. The second kappa shape index (κ2) is 8.95. The highest BCUT2D eigenvalue weighted by molar-refractivity contribution is 7.09. The summed E-state index contributed by atoms with van der Waals surface area (Å²) in [5, 5.41) is 14.8. The van der Waals surface area contributed by atoms with Crippen molar-refractivity contribution in [2.75, 3.05) is 31.1 Å². The minimum Gasteiger partial charge on any atom is -0.369 e. The third kappa shape index (κ3) is 4.35. The number of rotatable bonds is 6. The Morgan fingerprint density at radius 3 is 2.39 bits per heavy atom. The predicted molar refractivity (Wildman–Crippen MR) is 120 cm³/mol. The van der Waals surface area contributed by atoms with Crippen molar-refractivity contribution in [3.05, 3.63) is 94.2 Å². The van der Waals surface area contributed by atoms with E-state index in [-0.39, 0.29) is 11.9 Å². The zero-order valence-corrected chi connectivity index (χ0v) is 17.8. The summed E-state index contributed by atoms with van der Waals surface area (Å²) >= 11 is 1.71. The van der Waals surface area contributed by atoms with E-state index < -0.39 is 0 Å². The molecule has 2 aromatic heterocycles. The van der Waals surface area contributed by atoms with Crippen molar-refractivity contribution in [2.24, 2.45) is 0 Å². The van der Waals surface area contributed by atoms with Gasteiger partial charge in [-0.25, -0.2) is 9.07 Å². The van der Waals surface area contributed by atoms with E-state index in [2.05, 4.69) is 61.0 Å². The first kappa shape index (κ1) is 19.8. The highest BCUT2D eigenvalue weighted by atomic mass is 32.1. The Hall–Kier alpha value is -3.10. The van der Waals surface area contributed by atoms with E-state index >= 15 is 0 Å². The summed E-state index contributed by atoms with van der Waals surface area (Å²) in [5.41, 5.74) is 2.24. The third-order valence-electron chi connectivity index (χ3n) is 5.68. The number of aromatic nitrogens is 4. The van der Waals surface area contributed by atoms with Gasteiger partial charge in [-0.1, -0.05) is 36.4 Å². The molecule has 1 atom stereocenters. The topological polar surface area (TPSA) is 50.1 Å². The van der Waals surface area contributed by atoms with Gasteiger partial charge in [0.25, 0.3) is 0 Å². The lowest BCUT2D eigenvalue weighted by atomic mass is 10.0. The van der Waals surface area contributed by atoms with Crippen LogP contribution in [-0.2, 0) is 6.54 Å². The van der Waals surface area contributed by atoms with Gasteiger partial charge in [-0.05, 0) is 51.7 Å². The summed E-state index contributed by atoms with van der Waals surface area (Å²) in [4.78, 5) is 5.96. The zero-order chi connectivity index (χ0) is 21.0. The maximum atomic E-state index is 13.3. The van der Waals surface area contributed by atoms with Crippen LogP contribution in [0.2, 0.25) is 0 Å². The van der Waals surface area contributed by atoms with E-state index in [9.17, 15) is 4.39 Å². The zero-order valence-electron chi connectivity index (χ0n) is 17.0. The van der Waals surface area contributed by atoms with E-state index in [1.165, 1.54) is 22.6 Å². The van der Waals surface area contributed by atoms with Gasteiger partial charge in [0.1, 0.15) is 5.82 Å². The number of anilines is 1. The lowest BCUT2D eigenvalue weighted by Gasteiger charge is -2.39. The highest BCUT2D eigenvalue weighted by Crippen LogP contribution is 2.29. The molecule has 4 aromatic rings. The molecule has 1 fully saturated rings. The summed E-state index contributed by atoms with van der Waals surface area (Å²) in [6, 6.07) is 21.3. The number of halogens is 1. The molecule has 0 aliphatic carbocycles. The number of hydrogen-bond donors (Lipinski definition) is 0. The van der Waals surface area contributed by atoms with Crippen LogP contribution in [0.3, 0.4) is 0 Å². The molecule has 31 heavy (non-hydrogen) atoms. The van der Waals surface area contributed by atoms with Crippen LogP contribution in [0.4, 0.5) is 10.1 Å². The number of nitrogens with zero attached hydrogens (tertiary/aromatic N) is 6. The highest BCUT2D eigenvalue weighted by Gasteiger charge is 2.30. The Morgan fingerprint density at radius 2 is 1.68 bits per heavy atom. The first-order chi connectivity index (χ1) is 15.3. The Kier molecular flexibility index (Phi) is 5.73. The smallest absolute Gasteiger partial charge is 0.173 e. The normalized spacial score (nSPS) is 15.8. The fraction of sp³-hybridized carbons (Fsp3) is 0.261. The number of tetrazole rings is 1. The van der Waals surface area contributed by atoms with Gasteiger partial charge in [-0.3, -0.25) is 4.90 Å². The molecular weight excluding hydrogens is 411 g/mol. The molecule has 0 amide bonds.